The van der Waals surface area contributed by atoms with Crippen LogP contribution in [0.4, 0.5) is 4.39 Å². The first-order valence-electron chi connectivity index (χ1n) is 4.81. The fraction of sp³-hybridized carbons (Fsp3) is 0.0909. The molecule has 6 heteroatoms. The summed E-state index contributed by atoms with van der Waals surface area (Å²) in [7, 11) is 0. The van der Waals surface area contributed by atoms with Crippen LogP contribution in [0.1, 0.15) is 11.3 Å². The Bertz CT molecular complexity index is 615. The maximum Gasteiger partial charge on any atom is 0.325 e. The van der Waals surface area contributed by atoms with Gasteiger partial charge in [0, 0.05) is 28.8 Å². The van der Waals surface area contributed by atoms with Gasteiger partial charge in [0.25, 0.3) is 5.56 Å². The number of aromatic nitrogens is 2. The zero-order valence-electron chi connectivity index (χ0n) is 8.59. The highest BCUT2D eigenvalue weighted by atomic mass is 35.5. The first kappa shape index (κ1) is 11.6. The highest BCUT2D eigenvalue weighted by molar-refractivity contribution is 6.31. The zero-order chi connectivity index (χ0) is 12.4. The standard InChI is InChI=1S/C11H8ClFN2O2/c12-8-2-1-3-9(13)7(8)4-6-5-10(16)15-11(17)14-6/h1-3,5H,4H2,(H2,14,15,16,17). The van der Waals surface area contributed by atoms with Crippen LogP contribution >= 0.6 is 11.6 Å². The van der Waals surface area contributed by atoms with Crippen LogP contribution < -0.4 is 11.2 Å². The number of halogens is 2. The van der Waals surface area contributed by atoms with Crippen molar-refractivity contribution in [3.63, 3.8) is 0 Å². The Labute approximate surface area is 100 Å². The minimum absolute atomic E-state index is 0.0602. The Morgan fingerprint density at radius 2 is 2.00 bits per heavy atom. The first-order valence-corrected chi connectivity index (χ1v) is 5.19. The molecule has 0 spiro atoms. The number of hydrogen-bond acceptors (Lipinski definition) is 2. The van der Waals surface area contributed by atoms with E-state index < -0.39 is 17.1 Å². The molecule has 1 aromatic carbocycles. The first-order chi connectivity index (χ1) is 8.06. The molecule has 0 atom stereocenters. The quantitative estimate of drug-likeness (QED) is 0.852. The van der Waals surface area contributed by atoms with Crippen molar-refractivity contribution in [1.82, 2.24) is 9.97 Å². The van der Waals surface area contributed by atoms with Gasteiger partial charge >= 0.3 is 5.69 Å². The molecule has 0 bridgehead atoms. The van der Waals surface area contributed by atoms with Crippen molar-refractivity contribution in [1.29, 1.82) is 0 Å². The Hall–Kier alpha value is -1.88. The summed E-state index contributed by atoms with van der Waals surface area (Å²) in [5, 5.41) is 0.256. The van der Waals surface area contributed by atoms with Crippen molar-refractivity contribution >= 4 is 11.6 Å². The highest BCUT2D eigenvalue weighted by Crippen LogP contribution is 2.20. The molecule has 0 aliphatic rings. The third-order valence-electron chi connectivity index (χ3n) is 2.25. The van der Waals surface area contributed by atoms with Crippen molar-refractivity contribution in [2.45, 2.75) is 6.42 Å². The van der Waals surface area contributed by atoms with Gasteiger partial charge in [-0.25, -0.2) is 9.18 Å². The third kappa shape index (κ3) is 2.62. The van der Waals surface area contributed by atoms with Gasteiger partial charge in [0.1, 0.15) is 5.82 Å². The summed E-state index contributed by atoms with van der Waals surface area (Å²) in [6.07, 6.45) is 0.0602. The van der Waals surface area contributed by atoms with Crippen LogP contribution in [-0.2, 0) is 6.42 Å². The van der Waals surface area contributed by atoms with E-state index >= 15 is 0 Å². The maximum atomic E-state index is 13.5. The minimum atomic E-state index is -0.625. The van der Waals surface area contributed by atoms with Crippen molar-refractivity contribution in [3.8, 4) is 0 Å². The van der Waals surface area contributed by atoms with Gasteiger partial charge in [-0.05, 0) is 12.1 Å². The number of aromatic amines is 2. The lowest BCUT2D eigenvalue weighted by Gasteiger charge is -2.05. The lowest BCUT2D eigenvalue weighted by Crippen LogP contribution is -2.23. The van der Waals surface area contributed by atoms with Gasteiger partial charge < -0.3 is 4.98 Å². The van der Waals surface area contributed by atoms with E-state index in [-0.39, 0.29) is 17.0 Å². The third-order valence-corrected chi connectivity index (χ3v) is 2.60. The Morgan fingerprint density at radius 1 is 1.24 bits per heavy atom. The predicted molar refractivity (Wildman–Crippen MR) is 61.9 cm³/mol. The molecule has 2 rings (SSSR count). The van der Waals surface area contributed by atoms with Crippen LogP contribution in [0.15, 0.2) is 33.9 Å². The van der Waals surface area contributed by atoms with Crippen molar-refractivity contribution in [2.75, 3.05) is 0 Å². The summed E-state index contributed by atoms with van der Waals surface area (Å²) in [4.78, 5) is 26.5. The average molecular weight is 255 g/mol. The summed E-state index contributed by atoms with van der Waals surface area (Å²) < 4.78 is 13.5. The van der Waals surface area contributed by atoms with Crippen LogP contribution in [0.3, 0.4) is 0 Å². The van der Waals surface area contributed by atoms with E-state index in [9.17, 15) is 14.0 Å². The largest absolute Gasteiger partial charge is 0.325 e. The molecule has 17 heavy (non-hydrogen) atoms. The molecule has 0 unspecified atom stereocenters. The van der Waals surface area contributed by atoms with Crippen LogP contribution in [0.5, 0.6) is 0 Å². The molecule has 1 heterocycles. The van der Waals surface area contributed by atoms with Crippen LogP contribution in [0.25, 0.3) is 0 Å². The van der Waals surface area contributed by atoms with Gasteiger partial charge in [-0.15, -0.1) is 0 Å². The normalized spacial score (nSPS) is 10.5. The van der Waals surface area contributed by atoms with Gasteiger partial charge in [-0.1, -0.05) is 17.7 Å². The molecule has 4 nitrogen and oxygen atoms in total. The van der Waals surface area contributed by atoms with Gasteiger partial charge in [-0.3, -0.25) is 9.78 Å². The Morgan fingerprint density at radius 3 is 2.65 bits per heavy atom. The summed E-state index contributed by atoms with van der Waals surface area (Å²) >= 11 is 5.84. The zero-order valence-corrected chi connectivity index (χ0v) is 9.34. The predicted octanol–water partition coefficient (Wildman–Crippen LogP) is 1.45. The molecule has 0 aliphatic carbocycles. The number of benzene rings is 1. The lowest BCUT2D eigenvalue weighted by molar-refractivity contribution is 0.613. The van der Waals surface area contributed by atoms with E-state index in [0.717, 1.165) is 0 Å². The van der Waals surface area contributed by atoms with Crippen LogP contribution in [-0.4, -0.2) is 9.97 Å². The second-order valence-corrected chi connectivity index (χ2v) is 3.90. The van der Waals surface area contributed by atoms with Crippen LogP contribution in [0.2, 0.25) is 5.02 Å². The summed E-state index contributed by atoms with van der Waals surface area (Å²) in [5.74, 6) is -0.473. The summed E-state index contributed by atoms with van der Waals surface area (Å²) in [6, 6.07) is 5.50. The maximum absolute atomic E-state index is 13.5. The molecule has 0 amide bonds. The van der Waals surface area contributed by atoms with E-state index in [1.807, 2.05) is 4.98 Å². The fourth-order valence-corrected chi connectivity index (χ4v) is 1.74. The van der Waals surface area contributed by atoms with E-state index in [0.29, 0.717) is 5.69 Å². The summed E-state index contributed by atoms with van der Waals surface area (Å²) in [5.41, 5.74) is -0.600. The second kappa shape index (κ2) is 4.55. The second-order valence-electron chi connectivity index (χ2n) is 3.49. The van der Waals surface area contributed by atoms with E-state index in [4.69, 9.17) is 11.6 Å². The Balaban J connectivity index is 2.45. The fourth-order valence-electron chi connectivity index (χ4n) is 1.51. The van der Waals surface area contributed by atoms with Gasteiger partial charge in [-0.2, -0.15) is 0 Å². The Kier molecular flexibility index (Phi) is 3.10. The molecule has 0 radical (unpaired) electrons. The molecule has 0 fully saturated rings. The minimum Gasteiger partial charge on any atom is -0.311 e. The number of nitrogens with one attached hydrogen (secondary N) is 2. The number of rotatable bonds is 2. The molecular formula is C11H8ClFN2O2. The average Bonchev–Trinajstić information content (AvgIpc) is 2.22. The molecule has 1 aromatic heterocycles. The van der Waals surface area contributed by atoms with Gasteiger partial charge in [0.2, 0.25) is 0 Å². The van der Waals surface area contributed by atoms with Crippen molar-refractivity contribution in [3.05, 3.63) is 67.2 Å². The highest BCUT2D eigenvalue weighted by Gasteiger charge is 2.08. The van der Waals surface area contributed by atoms with Crippen molar-refractivity contribution < 1.29 is 4.39 Å². The molecule has 0 saturated heterocycles. The molecule has 88 valence electrons. The molecule has 2 N–H and O–H groups in total. The lowest BCUT2D eigenvalue weighted by atomic mass is 10.1. The monoisotopic (exact) mass is 254 g/mol. The molecule has 2 aromatic rings. The smallest absolute Gasteiger partial charge is 0.311 e. The van der Waals surface area contributed by atoms with Gasteiger partial charge in [0.15, 0.2) is 0 Å². The topological polar surface area (TPSA) is 65.7 Å². The summed E-state index contributed by atoms with van der Waals surface area (Å²) in [6.45, 7) is 0. The van der Waals surface area contributed by atoms with E-state index in [1.54, 1.807) is 6.07 Å². The van der Waals surface area contributed by atoms with Crippen LogP contribution in [0, 0.1) is 5.82 Å². The van der Waals surface area contributed by atoms with Gasteiger partial charge in [0.05, 0.1) is 0 Å². The number of hydrogen-bond donors (Lipinski definition) is 2. The molecular weight excluding hydrogens is 247 g/mol. The van der Waals surface area contributed by atoms with E-state index in [1.165, 1.54) is 18.2 Å². The van der Waals surface area contributed by atoms with E-state index in [2.05, 4.69) is 4.98 Å². The SMILES string of the molecule is O=c1cc(Cc2c(F)cccc2Cl)[nH]c(=O)[nH]1. The molecule has 0 aliphatic heterocycles. The molecule has 0 saturated carbocycles. The van der Waals surface area contributed by atoms with Crippen molar-refractivity contribution in [2.24, 2.45) is 0 Å². The number of H-pyrrole nitrogens is 2.